The van der Waals surface area contributed by atoms with E-state index in [0.717, 1.165) is 12.0 Å². The number of hydrogen-bond donors (Lipinski definition) is 4. The van der Waals surface area contributed by atoms with Crippen molar-refractivity contribution in [2.45, 2.75) is 46.5 Å². The maximum Gasteiger partial charge on any atom is 0.157 e. The summed E-state index contributed by atoms with van der Waals surface area (Å²) in [4.78, 5) is 0. The van der Waals surface area contributed by atoms with Crippen LogP contribution in [0.15, 0.2) is 42.5 Å². The Labute approximate surface area is 144 Å². The van der Waals surface area contributed by atoms with Crippen LogP contribution in [0.4, 0.5) is 0 Å². The zero-order valence-corrected chi connectivity index (χ0v) is 15.0. The van der Waals surface area contributed by atoms with Crippen LogP contribution < -0.4 is 0 Å². The molecule has 0 atom stereocenters. The van der Waals surface area contributed by atoms with Crippen LogP contribution in [0.1, 0.15) is 46.6 Å². The Kier molecular flexibility index (Phi) is 6.13. The van der Waals surface area contributed by atoms with Crippen LogP contribution in [0.5, 0.6) is 23.0 Å². The lowest BCUT2D eigenvalue weighted by Gasteiger charge is -2.33. The van der Waals surface area contributed by atoms with E-state index in [0.29, 0.717) is 0 Å². The average molecular weight is 332 g/mol. The molecule has 4 heteroatoms. The molecule has 2 aromatic carbocycles. The Bertz CT molecular complexity index is 652. The van der Waals surface area contributed by atoms with Gasteiger partial charge in [-0.1, -0.05) is 46.8 Å². The monoisotopic (exact) mass is 332 g/mol. The number of hydrogen-bond acceptors (Lipinski definition) is 4. The Balaban J connectivity index is 0.000000300. The van der Waals surface area contributed by atoms with Gasteiger partial charge in [0.2, 0.25) is 0 Å². The first kappa shape index (κ1) is 19.7. The van der Waals surface area contributed by atoms with Crippen molar-refractivity contribution in [1.82, 2.24) is 0 Å². The predicted octanol–water partition coefficient (Wildman–Crippen LogP) is 4.91. The van der Waals surface area contributed by atoms with Crippen molar-refractivity contribution < 1.29 is 20.4 Å². The second kappa shape index (κ2) is 7.47. The highest BCUT2D eigenvalue weighted by Crippen LogP contribution is 2.38. The number of benzene rings is 2. The highest BCUT2D eigenvalue weighted by molar-refractivity contribution is 5.42. The van der Waals surface area contributed by atoms with Gasteiger partial charge in [-0.05, 0) is 47.1 Å². The summed E-state index contributed by atoms with van der Waals surface area (Å²) in [6.07, 6.45) is 1.02. The predicted molar refractivity (Wildman–Crippen MR) is 96.6 cm³/mol. The molecule has 0 radical (unpaired) electrons. The van der Waals surface area contributed by atoms with E-state index in [1.165, 1.54) is 18.2 Å². The van der Waals surface area contributed by atoms with E-state index in [1.54, 1.807) is 18.2 Å². The summed E-state index contributed by atoms with van der Waals surface area (Å²) in [5.41, 5.74) is 1.28. The quantitative estimate of drug-likeness (QED) is 0.589. The van der Waals surface area contributed by atoms with Crippen molar-refractivity contribution in [2.24, 2.45) is 5.41 Å². The summed E-state index contributed by atoms with van der Waals surface area (Å²) >= 11 is 0. The molecule has 0 saturated heterocycles. The third kappa shape index (κ3) is 6.41. The number of phenolic OH excluding ortho intramolecular Hbond substituents is 4. The van der Waals surface area contributed by atoms with Gasteiger partial charge in [0.05, 0.1) is 0 Å². The molecule has 0 amide bonds. The molecular formula is C20H28O4. The highest BCUT2D eigenvalue weighted by atomic mass is 16.3. The van der Waals surface area contributed by atoms with Crippen LogP contribution in [0.3, 0.4) is 0 Å². The van der Waals surface area contributed by atoms with Crippen molar-refractivity contribution in [2.75, 3.05) is 0 Å². The molecule has 24 heavy (non-hydrogen) atoms. The number of rotatable bonds is 2. The van der Waals surface area contributed by atoms with Gasteiger partial charge in [-0.2, -0.15) is 0 Å². The molecule has 0 aliphatic carbocycles. The molecule has 2 rings (SSSR count). The lowest BCUT2D eigenvalue weighted by Crippen LogP contribution is -2.24. The van der Waals surface area contributed by atoms with E-state index in [-0.39, 0.29) is 33.8 Å². The summed E-state index contributed by atoms with van der Waals surface area (Å²) in [6, 6.07) is 10.9. The summed E-state index contributed by atoms with van der Waals surface area (Å²) < 4.78 is 0. The molecule has 0 unspecified atom stereocenters. The molecule has 0 heterocycles. The summed E-state index contributed by atoms with van der Waals surface area (Å²) in [7, 11) is 0. The van der Waals surface area contributed by atoms with Crippen molar-refractivity contribution in [3.05, 3.63) is 48.0 Å². The second-order valence-corrected chi connectivity index (χ2v) is 7.84. The minimum atomic E-state index is -0.0599. The molecule has 4 nitrogen and oxygen atoms in total. The molecule has 0 bridgehead atoms. The minimum Gasteiger partial charge on any atom is -0.508 e. The van der Waals surface area contributed by atoms with E-state index < -0.39 is 0 Å². The van der Waals surface area contributed by atoms with Gasteiger partial charge in [0.15, 0.2) is 11.5 Å². The zero-order chi connectivity index (χ0) is 18.5. The minimum absolute atomic E-state index is 0.0105. The molecule has 0 aliphatic rings. The van der Waals surface area contributed by atoms with Gasteiger partial charge < -0.3 is 20.4 Å². The zero-order valence-electron chi connectivity index (χ0n) is 15.0. The molecule has 0 aliphatic heterocycles. The van der Waals surface area contributed by atoms with E-state index in [2.05, 4.69) is 34.6 Å². The average Bonchev–Trinajstić information content (AvgIpc) is 2.39. The first-order chi connectivity index (χ1) is 10.9. The molecule has 4 N–H and O–H groups in total. The fraction of sp³-hybridized carbons (Fsp3) is 0.400. The number of phenols is 4. The summed E-state index contributed by atoms with van der Waals surface area (Å²) in [5.74, 6) is 0.0739. The Morgan fingerprint density at radius 1 is 0.708 bits per heavy atom. The van der Waals surface area contributed by atoms with Crippen LogP contribution in [0.25, 0.3) is 0 Å². The molecule has 132 valence electrons. The van der Waals surface area contributed by atoms with Crippen molar-refractivity contribution in [3.63, 3.8) is 0 Å². The number of aromatic hydroxyl groups is 4. The molecule has 0 spiro atoms. The Morgan fingerprint density at radius 2 is 1.25 bits per heavy atom. The maximum atomic E-state index is 9.51. The van der Waals surface area contributed by atoms with Gasteiger partial charge in [0.1, 0.15) is 11.5 Å². The smallest absolute Gasteiger partial charge is 0.157 e. The second-order valence-electron chi connectivity index (χ2n) is 7.84. The van der Waals surface area contributed by atoms with Gasteiger partial charge in [-0.3, -0.25) is 0 Å². The Morgan fingerprint density at radius 3 is 1.62 bits per heavy atom. The molecule has 0 saturated carbocycles. The third-order valence-electron chi connectivity index (χ3n) is 3.56. The van der Waals surface area contributed by atoms with Crippen LogP contribution in [0, 0.1) is 5.41 Å². The standard InChI is InChI=1S/C14H22O2.C6H6O2/c1-13(2,3)9-14(4,5)10-6-7-11(15)12(16)8-10;7-5-2-1-3-6(8)4-5/h6-8,15-16H,9H2,1-5H3;1-4,7-8H. The SMILES string of the molecule is CC(C)(C)CC(C)(C)c1ccc(O)c(O)c1.Oc1cccc(O)c1. The van der Waals surface area contributed by atoms with Crippen LogP contribution in [0.2, 0.25) is 0 Å². The largest absolute Gasteiger partial charge is 0.508 e. The van der Waals surface area contributed by atoms with Gasteiger partial charge >= 0.3 is 0 Å². The molecule has 2 aromatic rings. The third-order valence-corrected chi connectivity index (χ3v) is 3.56. The fourth-order valence-electron chi connectivity index (χ4n) is 2.87. The van der Waals surface area contributed by atoms with Gasteiger partial charge in [-0.15, -0.1) is 0 Å². The molecule has 0 aromatic heterocycles. The van der Waals surface area contributed by atoms with E-state index in [1.807, 2.05) is 6.07 Å². The highest BCUT2D eigenvalue weighted by Gasteiger charge is 2.27. The lowest BCUT2D eigenvalue weighted by molar-refractivity contribution is 0.283. The first-order valence-corrected chi connectivity index (χ1v) is 7.91. The van der Waals surface area contributed by atoms with Crippen molar-refractivity contribution in [1.29, 1.82) is 0 Å². The normalized spacial score (nSPS) is 11.5. The maximum absolute atomic E-state index is 9.51. The van der Waals surface area contributed by atoms with Crippen molar-refractivity contribution in [3.8, 4) is 23.0 Å². The van der Waals surface area contributed by atoms with Gasteiger partial charge in [-0.25, -0.2) is 0 Å². The van der Waals surface area contributed by atoms with Crippen LogP contribution >= 0.6 is 0 Å². The molecular weight excluding hydrogens is 304 g/mol. The Hall–Kier alpha value is -2.36. The van der Waals surface area contributed by atoms with Gasteiger partial charge in [0.25, 0.3) is 0 Å². The van der Waals surface area contributed by atoms with E-state index in [4.69, 9.17) is 10.2 Å². The van der Waals surface area contributed by atoms with E-state index in [9.17, 15) is 10.2 Å². The topological polar surface area (TPSA) is 80.9 Å². The molecule has 0 fully saturated rings. The fourth-order valence-corrected chi connectivity index (χ4v) is 2.87. The van der Waals surface area contributed by atoms with E-state index >= 15 is 0 Å². The lowest BCUT2D eigenvalue weighted by atomic mass is 9.72. The summed E-state index contributed by atoms with van der Waals surface area (Å²) in [6.45, 7) is 10.9. The summed E-state index contributed by atoms with van der Waals surface area (Å²) in [5, 5.41) is 36.1. The van der Waals surface area contributed by atoms with Crippen LogP contribution in [-0.2, 0) is 5.41 Å². The first-order valence-electron chi connectivity index (χ1n) is 7.91. The van der Waals surface area contributed by atoms with Crippen molar-refractivity contribution >= 4 is 0 Å². The van der Waals surface area contributed by atoms with Gasteiger partial charge in [0, 0.05) is 6.07 Å². The van der Waals surface area contributed by atoms with Crippen LogP contribution in [-0.4, -0.2) is 20.4 Å².